The standard InChI is InChI=1S/C10H11FO3/c1-6(10(13)14)9-3-2-8(11)4-7(9)5-12/h2-4,6,12H,5H2,1H3,(H,13,14). The van der Waals surface area contributed by atoms with Gasteiger partial charge in [0.05, 0.1) is 12.5 Å². The Bertz CT molecular complexity index is 349. The van der Waals surface area contributed by atoms with Gasteiger partial charge in [-0.05, 0) is 30.2 Å². The van der Waals surface area contributed by atoms with E-state index in [1.54, 1.807) is 0 Å². The van der Waals surface area contributed by atoms with Gasteiger partial charge in [-0.15, -0.1) is 0 Å². The lowest BCUT2D eigenvalue weighted by Gasteiger charge is -2.11. The smallest absolute Gasteiger partial charge is 0.310 e. The number of halogens is 1. The molecular weight excluding hydrogens is 187 g/mol. The van der Waals surface area contributed by atoms with Gasteiger partial charge in [0.2, 0.25) is 0 Å². The highest BCUT2D eigenvalue weighted by molar-refractivity contribution is 5.76. The zero-order valence-electron chi connectivity index (χ0n) is 7.70. The summed E-state index contributed by atoms with van der Waals surface area (Å²) in [4.78, 5) is 10.7. The van der Waals surface area contributed by atoms with Gasteiger partial charge in [-0.25, -0.2) is 4.39 Å². The molecule has 1 atom stereocenters. The first-order chi connectivity index (χ1) is 6.56. The van der Waals surface area contributed by atoms with Crippen LogP contribution in [0.3, 0.4) is 0 Å². The molecule has 1 unspecified atom stereocenters. The molecule has 0 fully saturated rings. The SMILES string of the molecule is CC(C(=O)O)c1ccc(F)cc1CO. The molecule has 0 radical (unpaired) electrons. The van der Waals surface area contributed by atoms with Crippen molar-refractivity contribution in [3.63, 3.8) is 0 Å². The summed E-state index contributed by atoms with van der Waals surface area (Å²) < 4.78 is 12.7. The van der Waals surface area contributed by atoms with Gasteiger partial charge in [-0.1, -0.05) is 6.07 Å². The van der Waals surface area contributed by atoms with Crippen molar-refractivity contribution in [1.29, 1.82) is 0 Å². The zero-order chi connectivity index (χ0) is 10.7. The molecule has 0 aliphatic carbocycles. The van der Waals surface area contributed by atoms with E-state index >= 15 is 0 Å². The summed E-state index contributed by atoms with van der Waals surface area (Å²) in [6.07, 6.45) is 0. The molecule has 3 nitrogen and oxygen atoms in total. The average molecular weight is 198 g/mol. The number of carboxylic acids is 1. The Balaban J connectivity index is 3.13. The average Bonchev–Trinajstić information content (AvgIpc) is 2.16. The Morgan fingerprint density at radius 3 is 2.71 bits per heavy atom. The van der Waals surface area contributed by atoms with Crippen LogP contribution in [0.5, 0.6) is 0 Å². The van der Waals surface area contributed by atoms with Gasteiger partial charge < -0.3 is 10.2 Å². The zero-order valence-corrected chi connectivity index (χ0v) is 7.70. The Kier molecular flexibility index (Phi) is 3.19. The van der Waals surface area contributed by atoms with E-state index in [1.807, 2.05) is 0 Å². The number of benzene rings is 1. The maximum absolute atomic E-state index is 12.7. The molecule has 2 N–H and O–H groups in total. The summed E-state index contributed by atoms with van der Waals surface area (Å²) in [5, 5.41) is 17.7. The van der Waals surface area contributed by atoms with E-state index in [1.165, 1.54) is 19.1 Å². The number of aliphatic hydroxyl groups is 1. The van der Waals surface area contributed by atoms with Crippen molar-refractivity contribution >= 4 is 5.97 Å². The lowest BCUT2D eigenvalue weighted by molar-refractivity contribution is -0.138. The molecule has 0 spiro atoms. The molecule has 1 aromatic rings. The van der Waals surface area contributed by atoms with Gasteiger partial charge in [0.25, 0.3) is 0 Å². The van der Waals surface area contributed by atoms with Crippen molar-refractivity contribution in [2.24, 2.45) is 0 Å². The first kappa shape index (κ1) is 10.7. The summed E-state index contributed by atoms with van der Waals surface area (Å²) in [5.41, 5.74) is 0.765. The molecule has 0 saturated heterocycles. The van der Waals surface area contributed by atoms with Crippen LogP contribution in [-0.4, -0.2) is 16.2 Å². The van der Waals surface area contributed by atoms with Gasteiger partial charge in [0.1, 0.15) is 5.82 Å². The number of aliphatic carboxylic acids is 1. The number of rotatable bonds is 3. The fourth-order valence-corrected chi connectivity index (χ4v) is 1.27. The molecule has 1 rings (SSSR count). The maximum Gasteiger partial charge on any atom is 0.310 e. The summed E-state index contributed by atoms with van der Waals surface area (Å²) in [6.45, 7) is 1.14. The van der Waals surface area contributed by atoms with Crippen LogP contribution in [0.1, 0.15) is 24.0 Å². The van der Waals surface area contributed by atoms with Crippen molar-refractivity contribution in [2.75, 3.05) is 0 Å². The van der Waals surface area contributed by atoms with E-state index < -0.39 is 17.7 Å². The number of hydrogen-bond acceptors (Lipinski definition) is 2. The van der Waals surface area contributed by atoms with Crippen molar-refractivity contribution < 1.29 is 19.4 Å². The quantitative estimate of drug-likeness (QED) is 0.773. The Labute approximate surface area is 80.8 Å². The summed E-state index contributed by atoms with van der Waals surface area (Å²) in [7, 11) is 0. The van der Waals surface area contributed by atoms with Crippen LogP contribution in [0.15, 0.2) is 18.2 Å². The van der Waals surface area contributed by atoms with E-state index in [4.69, 9.17) is 10.2 Å². The Morgan fingerprint density at radius 1 is 1.57 bits per heavy atom. The molecule has 76 valence electrons. The van der Waals surface area contributed by atoms with Crippen molar-refractivity contribution in [2.45, 2.75) is 19.4 Å². The topological polar surface area (TPSA) is 57.5 Å². The van der Waals surface area contributed by atoms with E-state index in [9.17, 15) is 9.18 Å². The molecule has 0 bridgehead atoms. The maximum atomic E-state index is 12.7. The highest BCUT2D eigenvalue weighted by atomic mass is 19.1. The molecular formula is C10H11FO3. The number of hydrogen-bond donors (Lipinski definition) is 2. The van der Waals surface area contributed by atoms with E-state index in [-0.39, 0.29) is 6.61 Å². The minimum atomic E-state index is -0.994. The monoisotopic (exact) mass is 198 g/mol. The highest BCUT2D eigenvalue weighted by Crippen LogP contribution is 2.21. The Hall–Kier alpha value is -1.42. The molecule has 0 amide bonds. The van der Waals surface area contributed by atoms with Gasteiger partial charge in [0, 0.05) is 0 Å². The van der Waals surface area contributed by atoms with Crippen LogP contribution >= 0.6 is 0 Å². The molecule has 0 aliphatic rings. The van der Waals surface area contributed by atoms with Gasteiger partial charge in [-0.2, -0.15) is 0 Å². The first-order valence-corrected chi connectivity index (χ1v) is 4.18. The second kappa shape index (κ2) is 4.19. The fraction of sp³-hybridized carbons (Fsp3) is 0.300. The molecule has 0 saturated carbocycles. The number of carboxylic acid groups (broad SMARTS) is 1. The number of aliphatic hydroxyl groups excluding tert-OH is 1. The second-order valence-electron chi connectivity index (χ2n) is 3.06. The number of carbonyl (C=O) groups is 1. The fourth-order valence-electron chi connectivity index (χ4n) is 1.27. The van der Waals surface area contributed by atoms with Crippen molar-refractivity contribution in [3.8, 4) is 0 Å². The molecule has 1 aromatic carbocycles. The normalized spacial score (nSPS) is 12.5. The predicted molar refractivity (Wildman–Crippen MR) is 48.4 cm³/mol. The lowest BCUT2D eigenvalue weighted by atomic mass is 9.96. The van der Waals surface area contributed by atoms with Crippen LogP contribution in [0.4, 0.5) is 4.39 Å². The van der Waals surface area contributed by atoms with Gasteiger partial charge in [-0.3, -0.25) is 4.79 Å². The Morgan fingerprint density at radius 2 is 2.21 bits per heavy atom. The van der Waals surface area contributed by atoms with Crippen LogP contribution < -0.4 is 0 Å². The minimum absolute atomic E-state index is 0.319. The van der Waals surface area contributed by atoms with Crippen LogP contribution in [0.25, 0.3) is 0 Å². The van der Waals surface area contributed by atoms with E-state index in [0.717, 1.165) is 6.07 Å². The van der Waals surface area contributed by atoms with Crippen molar-refractivity contribution in [3.05, 3.63) is 35.1 Å². The highest BCUT2D eigenvalue weighted by Gasteiger charge is 2.17. The van der Waals surface area contributed by atoms with E-state index in [0.29, 0.717) is 11.1 Å². The van der Waals surface area contributed by atoms with E-state index in [2.05, 4.69) is 0 Å². The third-order valence-electron chi connectivity index (χ3n) is 2.11. The third-order valence-corrected chi connectivity index (χ3v) is 2.11. The second-order valence-corrected chi connectivity index (χ2v) is 3.06. The summed E-state index contributed by atoms with van der Waals surface area (Å²) >= 11 is 0. The largest absolute Gasteiger partial charge is 0.481 e. The first-order valence-electron chi connectivity index (χ1n) is 4.18. The predicted octanol–water partition coefficient (Wildman–Crippen LogP) is 1.51. The summed E-state index contributed by atoms with van der Waals surface area (Å²) in [6, 6.07) is 3.72. The van der Waals surface area contributed by atoms with Gasteiger partial charge in [0.15, 0.2) is 0 Å². The van der Waals surface area contributed by atoms with Crippen LogP contribution in [0.2, 0.25) is 0 Å². The van der Waals surface area contributed by atoms with Crippen molar-refractivity contribution in [1.82, 2.24) is 0 Å². The third kappa shape index (κ3) is 2.09. The molecule has 4 heteroatoms. The molecule has 0 aliphatic heterocycles. The summed E-state index contributed by atoms with van der Waals surface area (Å²) in [5.74, 6) is -2.21. The minimum Gasteiger partial charge on any atom is -0.481 e. The van der Waals surface area contributed by atoms with Crippen LogP contribution in [0, 0.1) is 5.82 Å². The molecule has 0 heterocycles. The lowest BCUT2D eigenvalue weighted by Crippen LogP contribution is -2.10. The molecule has 14 heavy (non-hydrogen) atoms. The van der Waals surface area contributed by atoms with Gasteiger partial charge >= 0.3 is 5.97 Å². The molecule has 0 aromatic heterocycles. The van der Waals surface area contributed by atoms with Crippen LogP contribution in [-0.2, 0) is 11.4 Å².